The van der Waals surface area contributed by atoms with E-state index in [0.29, 0.717) is 23.0 Å². The fourth-order valence-electron chi connectivity index (χ4n) is 6.46. The van der Waals surface area contributed by atoms with Gasteiger partial charge in [-0.3, -0.25) is 4.79 Å². The van der Waals surface area contributed by atoms with Crippen LogP contribution in [0, 0.1) is 23.2 Å². The molecule has 26 heavy (non-hydrogen) atoms. The highest BCUT2D eigenvalue weighted by Crippen LogP contribution is 2.63. The van der Waals surface area contributed by atoms with Crippen LogP contribution in [0.4, 0.5) is 0 Å². The van der Waals surface area contributed by atoms with Crippen LogP contribution in [-0.2, 0) is 11.2 Å². The Morgan fingerprint density at radius 2 is 2.19 bits per heavy atom. The molecule has 0 saturated heterocycles. The molecule has 0 radical (unpaired) electrons. The summed E-state index contributed by atoms with van der Waals surface area (Å²) in [5, 5.41) is 0.982. The zero-order valence-corrected chi connectivity index (χ0v) is 17.6. The fraction of sp³-hybridized carbons (Fsp3) is 0.609. The molecular formula is C23H29BrO2. The summed E-state index contributed by atoms with van der Waals surface area (Å²) in [6.45, 7) is 6.44. The van der Waals surface area contributed by atoms with Crippen LogP contribution < -0.4 is 4.74 Å². The van der Waals surface area contributed by atoms with Crippen molar-refractivity contribution >= 4 is 21.9 Å². The van der Waals surface area contributed by atoms with Gasteiger partial charge in [0, 0.05) is 12.3 Å². The number of alkyl halides is 1. The number of carbonyl (C=O) groups is 1. The quantitative estimate of drug-likeness (QED) is 0.254. The van der Waals surface area contributed by atoms with Crippen molar-refractivity contribution in [1.82, 2.24) is 0 Å². The SMILES string of the molecule is CC(=O)Oc1ccc2c(c1)C[C@@H](C)[C@@H]1[C@@H]2CC[C@]2(C)/C(=C/CBr)CC[C@@H]12. The van der Waals surface area contributed by atoms with Crippen LogP contribution in [0.5, 0.6) is 5.75 Å². The van der Waals surface area contributed by atoms with Crippen LogP contribution in [0.2, 0.25) is 0 Å². The van der Waals surface area contributed by atoms with Gasteiger partial charge in [0.15, 0.2) is 0 Å². The number of carbonyl (C=O) groups excluding carboxylic acids is 1. The second kappa shape index (κ2) is 6.82. The van der Waals surface area contributed by atoms with E-state index in [1.807, 2.05) is 6.07 Å². The van der Waals surface area contributed by atoms with E-state index >= 15 is 0 Å². The van der Waals surface area contributed by atoms with Gasteiger partial charge >= 0.3 is 5.97 Å². The average molecular weight is 417 g/mol. The Balaban J connectivity index is 1.67. The Hall–Kier alpha value is -1.09. The lowest BCUT2D eigenvalue weighted by molar-refractivity contribution is -0.131. The third-order valence-electron chi connectivity index (χ3n) is 7.48. The Bertz CT molecular complexity index is 753. The van der Waals surface area contributed by atoms with Crippen LogP contribution in [0.3, 0.4) is 0 Å². The molecule has 2 saturated carbocycles. The molecule has 4 rings (SSSR count). The number of allylic oxidation sites excluding steroid dienone is 2. The molecule has 3 heteroatoms. The Morgan fingerprint density at radius 3 is 2.92 bits per heavy atom. The van der Waals surface area contributed by atoms with E-state index in [9.17, 15) is 4.79 Å². The van der Waals surface area contributed by atoms with Crippen LogP contribution in [0.25, 0.3) is 0 Å². The first-order chi connectivity index (χ1) is 12.4. The fourth-order valence-corrected chi connectivity index (χ4v) is 6.85. The van der Waals surface area contributed by atoms with E-state index in [2.05, 4.69) is 48.0 Å². The highest BCUT2D eigenvalue weighted by atomic mass is 79.9. The van der Waals surface area contributed by atoms with Gasteiger partial charge in [-0.1, -0.05) is 47.5 Å². The van der Waals surface area contributed by atoms with Gasteiger partial charge in [-0.25, -0.2) is 0 Å². The number of hydrogen-bond acceptors (Lipinski definition) is 2. The van der Waals surface area contributed by atoms with Crippen LogP contribution >= 0.6 is 15.9 Å². The zero-order valence-electron chi connectivity index (χ0n) is 16.1. The molecule has 0 aliphatic heterocycles. The maximum Gasteiger partial charge on any atom is 0.308 e. The predicted molar refractivity (Wildman–Crippen MR) is 109 cm³/mol. The first-order valence-corrected chi connectivity index (χ1v) is 11.1. The van der Waals surface area contributed by atoms with Crippen molar-refractivity contribution < 1.29 is 9.53 Å². The lowest BCUT2D eigenvalue weighted by Crippen LogP contribution is -2.43. The van der Waals surface area contributed by atoms with Crippen LogP contribution in [-0.4, -0.2) is 11.3 Å². The maximum atomic E-state index is 11.3. The Morgan fingerprint density at radius 1 is 1.38 bits per heavy atom. The number of hydrogen-bond donors (Lipinski definition) is 0. The number of benzene rings is 1. The number of esters is 1. The second-order valence-electron chi connectivity index (χ2n) is 8.80. The molecule has 1 aromatic rings. The largest absolute Gasteiger partial charge is 0.427 e. The lowest BCUT2D eigenvalue weighted by Gasteiger charge is -2.52. The van der Waals surface area contributed by atoms with E-state index in [-0.39, 0.29) is 5.97 Å². The van der Waals surface area contributed by atoms with Gasteiger partial charge in [-0.2, -0.15) is 0 Å². The van der Waals surface area contributed by atoms with Crippen LogP contribution in [0.1, 0.15) is 63.5 Å². The van der Waals surface area contributed by atoms with Gasteiger partial charge < -0.3 is 4.74 Å². The van der Waals surface area contributed by atoms with Crippen molar-refractivity contribution in [3.63, 3.8) is 0 Å². The van der Waals surface area contributed by atoms with E-state index in [0.717, 1.165) is 23.6 Å². The number of rotatable bonds is 2. The van der Waals surface area contributed by atoms with Crippen molar-refractivity contribution in [1.29, 1.82) is 0 Å². The average Bonchev–Trinajstić information content (AvgIpc) is 2.91. The first kappa shape index (κ1) is 18.3. The molecule has 2 fully saturated rings. The van der Waals surface area contributed by atoms with Gasteiger partial charge in [-0.15, -0.1) is 0 Å². The normalized spacial score (nSPS) is 37.0. The first-order valence-electron chi connectivity index (χ1n) is 10.0. The molecule has 5 atom stereocenters. The topological polar surface area (TPSA) is 26.3 Å². The molecule has 0 heterocycles. The number of ether oxygens (including phenoxy) is 1. The third kappa shape index (κ3) is 2.87. The van der Waals surface area contributed by atoms with E-state index in [4.69, 9.17) is 4.74 Å². The molecule has 0 bridgehead atoms. The predicted octanol–water partition coefficient (Wildman–Crippen LogP) is 6.04. The lowest BCUT2D eigenvalue weighted by atomic mass is 9.52. The highest BCUT2D eigenvalue weighted by molar-refractivity contribution is 9.09. The Labute approximate surface area is 165 Å². The van der Waals surface area contributed by atoms with Gasteiger partial charge in [0.2, 0.25) is 0 Å². The maximum absolute atomic E-state index is 11.3. The number of halogens is 1. The van der Waals surface area contributed by atoms with Gasteiger partial charge in [0.05, 0.1) is 0 Å². The summed E-state index contributed by atoms with van der Waals surface area (Å²) >= 11 is 3.61. The van der Waals surface area contributed by atoms with E-state index in [1.165, 1.54) is 43.7 Å². The smallest absolute Gasteiger partial charge is 0.308 e. The van der Waals surface area contributed by atoms with E-state index < -0.39 is 0 Å². The summed E-state index contributed by atoms with van der Waals surface area (Å²) in [7, 11) is 0. The third-order valence-corrected chi connectivity index (χ3v) is 7.80. The molecule has 0 N–H and O–H groups in total. The highest BCUT2D eigenvalue weighted by Gasteiger charge is 2.54. The van der Waals surface area contributed by atoms with Gasteiger partial charge in [0.25, 0.3) is 0 Å². The Kier molecular flexibility index (Phi) is 4.79. The van der Waals surface area contributed by atoms with Crippen molar-refractivity contribution in [3.8, 4) is 5.75 Å². The molecule has 140 valence electrons. The standard InChI is InChI=1S/C23H29BrO2/c1-14-12-16-13-18(26-15(2)25)5-6-19(16)20-8-10-23(3)17(9-11-24)4-7-21(23)22(14)20/h5-6,9,13-14,20-22H,4,7-8,10-12H2,1-3H3/b17-9+/t14-,20-,21+,22-,23-/m1/s1. The number of fused-ring (bicyclic) bond motifs is 5. The summed E-state index contributed by atoms with van der Waals surface area (Å²) < 4.78 is 5.33. The molecule has 0 unspecified atom stereocenters. The summed E-state index contributed by atoms with van der Waals surface area (Å²) in [4.78, 5) is 11.3. The molecule has 1 aromatic carbocycles. The summed E-state index contributed by atoms with van der Waals surface area (Å²) in [5.74, 6) is 3.41. The van der Waals surface area contributed by atoms with Crippen molar-refractivity contribution in [2.75, 3.05) is 5.33 Å². The zero-order chi connectivity index (χ0) is 18.5. The summed E-state index contributed by atoms with van der Waals surface area (Å²) in [6, 6.07) is 6.35. The monoisotopic (exact) mass is 416 g/mol. The minimum absolute atomic E-state index is 0.239. The van der Waals surface area contributed by atoms with Gasteiger partial charge in [-0.05, 0) is 84.5 Å². The summed E-state index contributed by atoms with van der Waals surface area (Å²) in [5.41, 5.74) is 5.01. The van der Waals surface area contributed by atoms with Gasteiger partial charge in [0.1, 0.15) is 5.75 Å². The molecule has 0 spiro atoms. The molecule has 0 aromatic heterocycles. The van der Waals surface area contributed by atoms with Crippen molar-refractivity contribution in [2.24, 2.45) is 23.2 Å². The minimum Gasteiger partial charge on any atom is -0.427 e. The van der Waals surface area contributed by atoms with E-state index in [1.54, 1.807) is 5.57 Å². The van der Waals surface area contributed by atoms with Crippen LogP contribution in [0.15, 0.2) is 29.8 Å². The molecule has 2 nitrogen and oxygen atoms in total. The molecule has 3 aliphatic rings. The van der Waals surface area contributed by atoms with Crippen molar-refractivity contribution in [2.45, 2.75) is 58.8 Å². The summed E-state index contributed by atoms with van der Waals surface area (Å²) in [6.07, 6.45) is 8.75. The second-order valence-corrected chi connectivity index (χ2v) is 9.45. The molecule has 3 aliphatic carbocycles. The van der Waals surface area contributed by atoms with Crippen molar-refractivity contribution in [3.05, 3.63) is 41.0 Å². The molecule has 0 amide bonds. The molecular weight excluding hydrogens is 388 g/mol. The minimum atomic E-state index is -0.239.